The van der Waals surface area contributed by atoms with Crippen LogP contribution in [0.3, 0.4) is 0 Å². The molecule has 1 N–H and O–H groups in total. The maximum atomic E-state index is 11.0. The largest absolute Gasteiger partial charge is 0.478 e. The molecule has 0 unspecified atom stereocenters. The molecule has 0 aliphatic carbocycles. The van der Waals surface area contributed by atoms with E-state index in [4.69, 9.17) is 5.11 Å². The van der Waals surface area contributed by atoms with Crippen LogP contribution in [0, 0.1) is 0 Å². The van der Waals surface area contributed by atoms with E-state index in [1.165, 1.54) is 0 Å². The lowest BCUT2D eigenvalue weighted by Gasteiger charge is -2.19. The average molecular weight is 239 g/mol. The third kappa shape index (κ3) is 3.23. The van der Waals surface area contributed by atoms with E-state index in [1.807, 2.05) is 27.7 Å². The SMILES string of the molecule is CCSc1cc(C(=O)O)cc(C(C)(C)C)n1. The number of carboxylic acids is 1. The minimum atomic E-state index is -0.897. The van der Waals surface area contributed by atoms with Crippen molar-refractivity contribution in [2.24, 2.45) is 0 Å². The predicted octanol–water partition coefficient (Wildman–Crippen LogP) is 3.19. The number of carbonyl (C=O) groups is 1. The Bertz CT molecular complexity index is 396. The molecule has 0 aliphatic rings. The molecule has 0 radical (unpaired) electrons. The van der Waals surface area contributed by atoms with Crippen LogP contribution in [-0.4, -0.2) is 21.8 Å². The number of rotatable bonds is 3. The fraction of sp³-hybridized carbons (Fsp3) is 0.500. The molecule has 0 spiro atoms. The second kappa shape index (κ2) is 4.87. The molecule has 0 aromatic carbocycles. The second-order valence-electron chi connectivity index (χ2n) is 4.57. The molecule has 0 amide bonds. The first-order valence-corrected chi connectivity index (χ1v) is 6.22. The van der Waals surface area contributed by atoms with Crippen LogP contribution < -0.4 is 0 Å². The molecule has 88 valence electrons. The van der Waals surface area contributed by atoms with Gasteiger partial charge in [0.1, 0.15) is 0 Å². The van der Waals surface area contributed by atoms with Gasteiger partial charge < -0.3 is 5.11 Å². The van der Waals surface area contributed by atoms with Crippen molar-refractivity contribution in [3.05, 3.63) is 23.4 Å². The summed E-state index contributed by atoms with van der Waals surface area (Å²) in [6.07, 6.45) is 0. The molecule has 16 heavy (non-hydrogen) atoms. The van der Waals surface area contributed by atoms with E-state index < -0.39 is 5.97 Å². The van der Waals surface area contributed by atoms with Gasteiger partial charge in [-0.1, -0.05) is 27.7 Å². The monoisotopic (exact) mass is 239 g/mol. The lowest BCUT2D eigenvalue weighted by atomic mass is 9.91. The number of nitrogens with zero attached hydrogens (tertiary/aromatic N) is 1. The summed E-state index contributed by atoms with van der Waals surface area (Å²) in [5, 5.41) is 9.82. The van der Waals surface area contributed by atoms with E-state index in [1.54, 1.807) is 23.9 Å². The summed E-state index contributed by atoms with van der Waals surface area (Å²) in [6.45, 7) is 8.11. The summed E-state index contributed by atoms with van der Waals surface area (Å²) in [5.74, 6) is -0.00881. The number of carboxylic acid groups (broad SMARTS) is 1. The molecule has 1 rings (SSSR count). The van der Waals surface area contributed by atoms with Gasteiger partial charge >= 0.3 is 5.97 Å². The van der Waals surface area contributed by atoms with Crippen molar-refractivity contribution in [1.82, 2.24) is 4.98 Å². The number of hydrogen-bond donors (Lipinski definition) is 1. The molecular formula is C12H17NO2S. The van der Waals surface area contributed by atoms with Gasteiger partial charge in [0.05, 0.1) is 10.6 Å². The lowest BCUT2D eigenvalue weighted by molar-refractivity contribution is 0.0696. The van der Waals surface area contributed by atoms with Crippen LogP contribution in [0.5, 0.6) is 0 Å². The summed E-state index contributed by atoms with van der Waals surface area (Å²) in [5.41, 5.74) is 1.01. The van der Waals surface area contributed by atoms with Crippen LogP contribution in [0.4, 0.5) is 0 Å². The Morgan fingerprint density at radius 2 is 2.06 bits per heavy atom. The van der Waals surface area contributed by atoms with Crippen molar-refractivity contribution >= 4 is 17.7 Å². The van der Waals surface area contributed by atoms with Crippen molar-refractivity contribution in [1.29, 1.82) is 0 Å². The number of pyridine rings is 1. The molecule has 0 bridgehead atoms. The first kappa shape index (κ1) is 13.0. The highest BCUT2D eigenvalue weighted by molar-refractivity contribution is 7.99. The zero-order chi connectivity index (χ0) is 12.3. The third-order valence-corrected chi connectivity index (χ3v) is 2.90. The average Bonchev–Trinajstić information content (AvgIpc) is 2.16. The summed E-state index contributed by atoms with van der Waals surface area (Å²) in [4.78, 5) is 15.5. The maximum absolute atomic E-state index is 11.0. The number of thioether (sulfide) groups is 1. The van der Waals surface area contributed by atoms with Gasteiger partial charge in [-0.3, -0.25) is 0 Å². The first-order chi connectivity index (χ1) is 7.34. The van der Waals surface area contributed by atoms with Crippen molar-refractivity contribution in [2.75, 3.05) is 5.75 Å². The first-order valence-electron chi connectivity index (χ1n) is 5.23. The summed E-state index contributed by atoms with van der Waals surface area (Å²) < 4.78 is 0. The molecular weight excluding hydrogens is 222 g/mol. The van der Waals surface area contributed by atoms with Gasteiger partial charge in [-0.05, 0) is 17.9 Å². The second-order valence-corrected chi connectivity index (χ2v) is 5.85. The van der Waals surface area contributed by atoms with Crippen LogP contribution >= 0.6 is 11.8 Å². The van der Waals surface area contributed by atoms with Crippen molar-refractivity contribution in [3.63, 3.8) is 0 Å². The predicted molar refractivity (Wildman–Crippen MR) is 66.3 cm³/mol. The van der Waals surface area contributed by atoms with Gasteiger partial charge in [0.25, 0.3) is 0 Å². The van der Waals surface area contributed by atoms with E-state index in [0.717, 1.165) is 16.5 Å². The van der Waals surface area contributed by atoms with Gasteiger partial charge in [-0.2, -0.15) is 0 Å². The van der Waals surface area contributed by atoms with Gasteiger partial charge in [0.2, 0.25) is 0 Å². The highest BCUT2D eigenvalue weighted by Crippen LogP contribution is 2.25. The Morgan fingerprint density at radius 1 is 1.44 bits per heavy atom. The van der Waals surface area contributed by atoms with Crippen molar-refractivity contribution in [3.8, 4) is 0 Å². The van der Waals surface area contributed by atoms with Crippen LogP contribution in [0.2, 0.25) is 0 Å². The van der Waals surface area contributed by atoms with Crippen molar-refractivity contribution < 1.29 is 9.90 Å². The summed E-state index contributed by atoms with van der Waals surface area (Å²) in [6, 6.07) is 3.29. The molecule has 0 atom stereocenters. The maximum Gasteiger partial charge on any atom is 0.335 e. The fourth-order valence-corrected chi connectivity index (χ4v) is 1.90. The Hall–Kier alpha value is -1.03. The molecule has 0 fully saturated rings. The zero-order valence-corrected chi connectivity index (χ0v) is 10.9. The normalized spacial score (nSPS) is 11.5. The van der Waals surface area contributed by atoms with E-state index in [0.29, 0.717) is 5.56 Å². The Kier molecular flexibility index (Phi) is 3.97. The molecule has 0 saturated carbocycles. The van der Waals surface area contributed by atoms with Gasteiger partial charge in [-0.15, -0.1) is 11.8 Å². The molecule has 0 saturated heterocycles. The minimum Gasteiger partial charge on any atom is -0.478 e. The topological polar surface area (TPSA) is 50.2 Å². The Morgan fingerprint density at radius 3 is 2.50 bits per heavy atom. The number of aromatic nitrogens is 1. The van der Waals surface area contributed by atoms with Crippen LogP contribution in [0.1, 0.15) is 43.7 Å². The highest BCUT2D eigenvalue weighted by atomic mass is 32.2. The van der Waals surface area contributed by atoms with E-state index >= 15 is 0 Å². The van der Waals surface area contributed by atoms with Crippen molar-refractivity contribution in [2.45, 2.75) is 38.1 Å². The molecule has 4 heteroatoms. The van der Waals surface area contributed by atoms with Crippen LogP contribution in [-0.2, 0) is 5.41 Å². The standard InChI is InChI=1S/C12H17NO2S/c1-5-16-10-7-8(11(14)15)6-9(13-10)12(2,3)4/h6-7H,5H2,1-4H3,(H,14,15). The van der Waals surface area contributed by atoms with E-state index in [9.17, 15) is 4.79 Å². The summed E-state index contributed by atoms with van der Waals surface area (Å²) in [7, 11) is 0. The minimum absolute atomic E-state index is 0.130. The van der Waals surface area contributed by atoms with Gasteiger partial charge in [0, 0.05) is 11.1 Å². The fourth-order valence-electron chi connectivity index (χ4n) is 1.23. The molecule has 1 heterocycles. The van der Waals surface area contributed by atoms with Crippen LogP contribution in [0.15, 0.2) is 17.2 Å². The highest BCUT2D eigenvalue weighted by Gasteiger charge is 2.18. The quantitative estimate of drug-likeness (QED) is 0.823. The molecule has 0 aliphatic heterocycles. The van der Waals surface area contributed by atoms with Crippen LogP contribution in [0.25, 0.3) is 0 Å². The smallest absolute Gasteiger partial charge is 0.335 e. The lowest BCUT2D eigenvalue weighted by Crippen LogP contribution is -2.15. The van der Waals surface area contributed by atoms with Gasteiger partial charge in [-0.25, -0.2) is 9.78 Å². The number of hydrogen-bond acceptors (Lipinski definition) is 3. The number of aromatic carboxylic acids is 1. The Balaban J connectivity index is 3.24. The third-order valence-electron chi connectivity index (χ3n) is 2.11. The molecule has 1 aromatic heterocycles. The van der Waals surface area contributed by atoms with Gasteiger partial charge in [0.15, 0.2) is 0 Å². The van der Waals surface area contributed by atoms with E-state index in [-0.39, 0.29) is 5.41 Å². The summed E-state index contributed by atoms with van der Waals surface area (Å²) >= 11 is 1.56. The zero-order valence-electron chi connectivity index (χ0n) is 10.1. The Labute approximate surface area is 100 Å². The molecule has 1 aromatic rings. The molecule has 3 nitrogen and oxygen atoms in total. The van der Waals surface area contributed by atoms with E-state index in [2.05, 4.69) is 4.98 Å².